The van der Waals surface area contributed by atoms with Crippen molar-refractivity contribution in [2.75, 3.05) is 7.11 Å². The zero-order valence-corrected chi connectivity index (χ0v) is 9.42. The SMILES string of the molecule is COC(=O)c1c(C=O)ccc(C)c1Br. The van der Waals surface area contributed by atoms with Crippen LogP contribution < -0.4 is 0 Å². The lowest BCUT2D eigenvalue weighted by Gasteiger charge is -2.07. The van der Waals surface area contributed by atoms with Gasteiger partial charge in [0.25, 0.3) is 0 Å². The normalized spacial score (nSPS) is 9.64. The second-order valence-electron chi connectivity index (χ2n) is 2.77. The largest absolute Gasteiger partial charge is 0.465 e. The molecule has 0 N–H and O–H groups in total. The van der Waals surface area contributed by atoms with Crippen LogP contribution in [0.1, 0.15) is 26.3 Å². The first kappa shape index (κ1) is 10.9. The summed E-state index contributed by atoms with van der Waals surface area (Å²) in [6, 6.07) is 3.36. The smallest absolute Gasteiger partial charge is 0.339 e. The van der Waals surface area contributed by atoms with E-state index >= 15 is 0 Å². The molecule has 0 aliphatic carbocycles. The average molecular weight is 257 g/mol. The molecule has 0 amide bonds. The van der Waals surface area contributed by atoms with Crippen LogP contribution in [0.3, 0.4) is 0 Å². The summed E-state index contributed by atoms with van der Waals surface area (Å²) in [5, 5.41) is 0. The summed E-state index contributed by atoms with van der Waals surface area (Å²) in [6.07, 6.45) is 0.635. The standard InChI is InChI=1S/C10H9BrO3/c1-6-3-4-7(5-12)8(9(6)11)10(13)14-2/h3-5H,1-2H3. The van der Waals surface area contributed by atoms with E-state index in [4.69, 9.17) is 0 Å². The van der Waals surface area contributed by atoms with E-state index in [9.17, 15) is 9.59 Å². The summed E-state index contributed by atoms with van der Waals surface area (Å²) < 4.78 is 5.19. The fourth-order valence-corrected chi connectivity index (χ4v) is 1.63. The summed E-state index contributed by atoms with van der Waals surface area (Å²) in [5.74, 6) is -0.511. The van der Waals surface area contributed by atoms with E-state index in [1.165, 1.54) is 7.11 Å². The van der Waals surface area contributed by atoms with Crippen molar-refractivity contribution in [1.29, 1.82) is 0 Å². The van der Waals surface area contributed by atoms with Crippen LogP contribution in [0.5, 0.6) is 0 Å². The molecule has 0 aliphatic heterocycles. The van der Waals surface area contributed by atoms with E-state index < -0.39 is 5.97 Å². The molecule has 1 rings (SSSR count). The number of benzene rings is 1. The zero-order valence-electron chi connectivity index (χ0n) is 7.83. The molecule has 0 bridgehead atoms. The van der Waals surface area contributed by atoms with Gasteiger partial charge in [-0.1, -0.05) is 12.1 Å². The summed E-state index contributed by atoms with van der Waals surface area (Å²) in [5.41, 5.74) is 1.49. The second kappa shape index (κ2) is 4.37. The van der Waals surface area contributed by atoms with E-state index in [1.54, 1.807) is 12.1 Å². The van der Waals surface area contributed by atoms with Crippen molar-refractivity contribution in [2.45, 2.75) is 6.92 Å². The monoisotopic (exact) mass is 256 g/mol. The maximum absolute atomic E-state index is 11.4. The Morgan fingerprint density at radius 3 is 2.64 bits per heavy atom. The van der Waals surface area contributed by atoms with Crippen molar-refractivity contribution in [3.05, 3.63) is 33.3 Å². The van der Waals surface area contributed by atoms with Crippen LogP contribution in [0.25, 0.3) is 0 Å². The highest BCUT2D eigenvalue weighted by molar-refractivity contribution is 9.10. The van der Waals surface area contributed by atoms with E-state index in [1.807, 2.05) is 6.92 Å². The van der Waals surface area contributed by atoms with Crippen LogP contribution in [0.4, 0.5) is 0 Å². The molecular formula is C10H9BrO3. The predicted molar refractivity (Wildman–Crippen MR) is 55.6 cm³/mol. The van der Waals surface area contributed by atoms with Crippen LogP contribution in [0.15, 0.2) is 16.6 Å². The Morgan fingerprint density at radius 2 is 2.14 bits per heavy atom. The maximum atomic E-state index is 11.4. The molecule has 1 aromatic rings. The molecule has 0 saturated carbocycles. The predicted octanol–water partition coefficient (Wildman–Crippen LogP) is 2.36. The summed E-state index contributed by atoms with van der Waals surface area (Å²) in [4.78, 5) is 22.0. The third-order valence-corrected chi connectivity index (χ3v) is 2.91. The number of ether oxygens (including phenoxy) is 1. The van der Waals surface area contributed by atoms with Crippen LogP contribution in [0, 0.1) is 6.92 Å². The molecule has 0 atom stereocenters. The van der Waals surface area contributed by atoms with E-state index in [-0.39, 0.29) is 5.56 Å². The van der Waals surface area contributed by atoms with E-state index in [2.05, 4.69) is 20.7 Å². The Balaban J connectivity index is 3.42. The molecule has 14 heavy (non-hydrogen) atoms. The molecule has 0 aromatic heterocycles. The number of methoxy groups -OCH3 is 1. The number of halogens is 1. The van der Waals surface area contributed by atoms with Crippen LogP contribution in [-0.2, 0) is 4.74 Å². The van der Waals surface area contributed by atoms with Crippen LogP contribution in [0.2, 0.25) is 0 Å². The average Bonchev–Trinajstić information content (AvgIpc) is 2.20. The van der Waals surface area contributed by atoms with Crippen molar-refractivity contribution in [1.82, 2.24) is 0 Å². The van der Waals surface area contributed by atoms with Gasteiger partial charge in [0.2, 0.25) is 0 Å². The van der Waals surface area contributed by atoms with Gasteiger partial charge in [0, 0.05) is 10.0 Å². The van der Waals surface area contributed by atoms with Crippen molar-refractivity contribution in [3.63, 3.8) is 0 Å². The van der Waals surface area contributed by atoms with Gasteiger partial charge in [0.05, 0.1) is 12.7 Å². The molecule has 4 heteroatoms. The van der Waals surface area contributed by atoms with Gasteiger partial charge in [-0.25, -0.2) is 4.79 Å². The molecule has 0 saturated heterocycles. The summed E-state index contributed by atoms with van der Waals surface area (Å²) in [6.45, 7) is 1.84. The molecule has 3 nitrogen and oxygen atoms in total. The number of aldehydes is 1. The van der Waals surface area contributed by atoms with Gasteiger partial charge < -0.3 is 4.74 Å². The second-order valence-corrected chi connectivity index (χ2v) is 3.56. The number of carbonyl (C=O) groups excluding carboxylic acids is 2. The van der Waals surface area contributed by atoms with Gasteiger partial charge in [-0.15, -0.1) is 0 Å². The van der Waals surface area contributed by atoms with Gasteiger partial charge >= 0.3 is 5.97 Å². The molecule has 0 spiro atoms. The van der Waals surface area contributed by atoms with E-state index in [0.29, 0.717) is 16.3 Å². The third kappa shape index (κ3) is 1.85. The summed E-state index contributed by atoms with van der Waals surface area (Å²) >= 11 is 3.25. The Morgan fingerprint density at radius 1 is 1.50 bits per heavy atom. The van der Waals surface area contributed by atoms with Crippen LogP contribution in [-0.4, -0.2) is 19.4 Å². The molecule has 0 heterocycles. The molecule has 0 unspecified atom stereocenters. The van der Waals surface area contributed by atoms with Gasteiger partial charge in [-0.05, 0) is 28.4 Å². The maximum Gasteiger partial charge on any atom is 0.339 e. The minimum absolute atomic E-state index is 0.280. The summed E-state index contributed by atoms with van der Waals surface area (Å²) in [7, 11) is 1.28. The van der Waals surface area contributed by atoms with Crippen LogP contribution >= 0.6 is 15.9 Å². The number of esters is 1. The molecule has 0 aliphatic rings. The Kier molecular flexibility index (Phi) is 3.41. The van der Waals surface area contributed by atoms with Crippen molar-refractivity contribution in [3.8, 4) is 0 Å². The van der Waals surface area contributed by atoms with Crippen molar-refractivity contribution >= 4 is 28.2 Å². The zero-order chi connectivity index (χ0) is 10.7. The first-order valence-corrected chi connectivity index (χ1v) is 4.73. The minimum atomic E-state index is -0.511. The Hall–Kier alpha value is -1.16. The lowest BCUT2D eigenvalue weighted by Crippen LogP contribution is -2.07. The molecular weight excluding hydrogens is 248 g/mol. The highest BCUT2D eigenvalue weighted by Crippen LogP contribution is 2.24. The third-order valence-electron chi connectivity index (χ3n) is 1.88. The minimum Gasteiger partial charge on any atom is -0.465 e. The van der Waals surface area contributed by atoms with Gasteiger partial charge in [-0.3, -0.25) is 4.79 Å². The van der Waals surface area contributed by atoms with Gasteiger partial charge in [-0.2, -0.15) is 0 Å². The first-order chi connectivity index (χ1) is 6.61. The highest BCUT2D eigenvalue weighted by atomic mass is 79.9. The number of rotatable bonds is 2. The molecule has 0 radical (unpaired) electrons. The Labute approximate surface area is 90.2 Å². The number of hydrogen-bond donors (Lipinski definition) is 0. The number of carbonyl (C=O) groups is 2. The topological polar surface area (TPSA) is 43.4 Å². The molecule has 1 aromatic carbocycles. The quantitative estimate of drug-likeness (QED) is 0.603. The number of hydrogen-bond acceptors (Lipinski definition) is 3. The number of aryl methyl sites for hydroxylation is 1. The van der Waals surface area contributed by atoms with Crippen molar-refractivity contribution in [2.24, 2.45) is 0 Å². The van der Waals surface area contributed by atoms with Gasteiger partial charge in [0.15, 0.2) is 6.29 Å². The van der Waals surface area contributed by atoms with Gasteiger partial charge in [0.1, 0.15) is 0 Å². The van der Waals surface area contributed by atoms with Crippen molar-refractivity contribution < 1.29 is 14.3 Å². The lowest BCUT2D eigenvalue weighted by atomic mass is 10.1. The fraction of sp³-hybridized carbons (Fsp3) is 0.200. The highest BCUT2D eigenvalue weighted by Gasteiger charge is 2.16. The molecule has 0 fully saturated rings. The lowest BCUT2D eigenvalue weighted by molar-refractivity contribution is 0.0597. The fourth-order valence-electron chi connectivity index (χ4n) is 1.10. The van der Waals surface area contributed by atoms with E-state index in [0.717, 1.165) is 5.56 Å². The Bertz CT molecular complexity index is 385. The first-order valence-electron chi connectivity index (χ1n) is 3.94. The molecule has 74 valence electrons.